The Bertz CT molecular complexity index is 1250. The van der Waals surface area contributed by atoms with Crippen LogP contribution in [0.1, 0.15) is 34.7 Å². The van der Waals surface area contributed by atoms with Crippen LogP contribution in [0.15, 0.2) is 66.7 Å². The highest BCUT2D eigenvalue weighted by Gasteiger charge is 2.20. The molecule has 3 aromatic carbocycles. The van der Waals surface area contributed by atoms with Crippen molar-refractivity contribution < 1.29 is 9.53 Å². The van der Waals surface area contributed by atoms with Gasteiger partial charge in [-0.1, -0.05) is 47.5 Å². The van der Waals surface area contributed by atoms with Crippen molar-refractivity contribution in [1.29, 1.82) is 0 Å². The van der Waals surface area contributed by atoms with Crippen LogP contribution in [0.5, 0.6) is 5.75 Å². The summed E-state index contributed by atoms with van der Waals surface area (Å²) < 4.78 is 7.29. The van der Waals surface area contributed by atoms with Crippen molar-refractivity contribution in [2.24, 2.45) is 0 Å². The number of para-hydroxylation sites is 2. The maximum absolute atomic E-state index is 12.8. The fourth-order valence-corrected chi connectivity index (χ4v) is 3.99. The molecule has 1 heterocycles. The topological polar surface area (TPSA) is 56.1 Å². The Morgan fingerprint density at radius 3 is 2.68 bits per heavy atom. The molecule has 0 spiro atoms. The summed E-state index contributed by atoms with van der Waals surface area (Å²) in [6.07, 6.45) is 0. The lowest BCUT2D eigenvalue weighted by molar-refractivity contribution is 0.0937. The van der Waals surface area contributed by atoms with Crippen molar-refractivity contribution in [3.8, 4) is 5.75 Å². The fraction of sp³-hybridized carbons (Fsp3) is 0.167. The van der Waals surface area contributed by atoms with Gasteiger partial charge in [-0.25, -0.2) is 4.98 Å². The molecule has 0 saturated heterocycles. The van der Waals surface area contributed by atoms with E-state index in [1.165, 1.54) is 0 Å². The number of amides is 1. The maximum Gasteiger partial charge on any atom is 0.251 e. The average Bonchev–Trinajstić information content (AvgIpc) is 3.14. The number of hydrogen-bond acceptors (Lipinski definition) is 3. The molecule has 1 unspecified atom stereocenters. The second-order valence-electron chi connectivity index (χ2n) is 7.21. The highest BCUT2D eigenvalue weighted by molar-refractivity contribution is 6.35. The molecule has 31 heavy (non-hydrogen) atoms. The molecule has 5 nitrogen and oxygen atoms in total. The summed E-state index contributed by atoms with van der Waals surface area (Å²) in [5, 5.41) is 4.22. The van der Waals surface area contributed by atoms with Gasteiger partial charge in [0.2, 0.25) is 0 Å². The first kappa shape index (κ1) is 21.2. The van der Waals surface area contributed by atoms with Crippen molar-refractivity contribution in [3.05, 3.63) is 93.7 Å². The van der Waals surface area contributed by atoms with Gasteiger partial charge >= 0.3 is 0 Å². The summed E-state index contributed by atoms with van der Waals surface area (Å²) in [5.74, 6) is 1.17. The van der Waals surface area contributed by atoms with Gasteiger partial charge in [0, 0.05) is 15.6 Å². The lowest BCUT2D eigenvalue weighted by Crippen LogP contribution is -2.28. The number of rotatable bonds is 6. The molecule has 0 aliphatic rings. The molecule has 1 N–H and O–H groups in total. The van der Waals surface area contributed by atoms with Gasteiger partial charge in [0.25, 0.3) is 5.91 Å². The molecule has 1 atom stereocenters. The second kappa shape index (κ2) is 9.00. The van der Waals surface area contributed by atoms with Crippen LogP contribution in [0.25, 0.3) is 11.0 Å². The van der Waals surface area contributed by atoms with Crippen molar-refractivity contribution >= 4 is 40.1 Å². The second-order valence-corrected chi connectivity index (χ2v) is 8.05. The Morgan fingerprint density at radius 1 is 1.10 bits per heavy atom. The minimum absolute atomic E-state index is 0.200. The first-order chi connectivity index (χ1) is 15.0. The summed E-state index contributed by atoms with van der Waals surface area (Å²) in [6, 6.07) is 20.0. The third kappa shape index (κ3) is 4.53. The number of fused-ring (bicyclic) bond motifs is 1. The molecule has 158 valence electrons. The summed E-state index contributed by atoms with van der Waals surface area (Å²) in [4.78, 5) is 17.6. The number of aromatic nitrogens is 2. The van der Waals surface area contributed by atoms with E-state index >= 15 is 0 Å². The Hall–Kier alpha value is -3.02. The Labute approximate surface area is 190 Å². The molecular weight excluding hydrogens is 433 g/mol. The smallest absolute Gasteiger partial charge is 0.251 e. The Balaban J connectivity index is 1.67. The van der Waals surface area contributed by atoms with Crippen LogP contribution in [0.2, 0.25) is 10.0 Å². The minimum atomic E-state index is -0.336. The van der Waals surface area contributed by atoms with E-state index in [0.717, 1.165) is 22.4 Å². The maximum atomic E-state index is 12.8. The van der Waals surface area contributed by atoms with Crippen molar-refractivity contribution in [1.82, 2.24) is 14.9 Å². The van der Waals surface area contributed by atoms with Gasteiger partial charge in [0.1, 0.15) is 11.6 Å². The van der Waals surface area contributed by atoms with Crippen LogP contribution in [0, 0.1) is 0 Å². The number of hydrogen-bond donors (Lipinski definition) is 1. The van der Waals surface area contributed by atoms with Crippen molar-refractivity contribution in [2.75, 3.05) is 7.11 Å². The molecule has 0 aliphatic carbocycles. The minimum Gasteiger partial charge on any atom is -0.497 e. The summed E-state index contributed by atoms with van der Waals surface area (Å²) in [5.41, 5.74) is 3.26. The molecule has 1 amide bonds. The van der Waals surface area contributed by atoms with Crippen LogP contribution in [0.4, 0.5) is 0 Å². The van der Waals surface area contributed by atoms with E-state index in [1.54, 1.807) is 37.4 Å². The molecule has 0 fully saturated rings. The van der Waals surface area contributed by atoms with Crippen LogP contribution >= 0.6 is 23.2 Å². The van der Waals surface area contributed by atoms with Gasteiger partial charge < -0.3 is 14.6 Å². The van der Waals surface area contributed by atoms with E-state index in [2.05, 4.69) is 9.88 Å². The molecule has 0 saturated carbocycles. The van der Waals surface area contributed by atoms with Gasteiger partial charge in [0.15, 0.2) is 0 Å². The van der Waals surface area contributed by atoms with E-state index < -0.39 is 0 Å². The van der Waals surface area contributed by atoms with Gasteiger partial charge in [-0.05, 0) is 55.0 Å². The third-order valence-corrected chi connectivity index (χ3v) is 5.68. The zero-order valence-electron chi connectivity index (χ0n) is 17.1. The molecule has 0 radical (unpaired) electrons. The van der Waals surface area contributed by atoms with Crippen LogP contribution in [0.3, 0.4) is 0 Å². The molecule has 1 aromatic heterocycles. The van der Waals surface area contributed by atoms with E-state index in [1.807, 2.05) is 43.3 Å². The highest BCUT2D eigenvalue weighted by Crippen LogP contribution is 2.27. The summed E-state index contributed by atoms with van der Waals surface area (Å²) >= 11 is 12.5. The van der Waals surface area contributed by atoms with Crippen LogP contribution < -0.4 is 10.1 Å². The number of methoxy groups -OCH3 is 1. The lowest BCUT2D eigenvalue weighted by atomic mass is 10.1. The predicted octanol–water partition coefficient (Wildman–Crippen LogP) is 5.89. The lowest BCUT2D eigenvalue weighted by Gasteiger charge is -2.17. The van der Waals surface area contributed by atoms with Gasteiger partial charge in [-0.15, -0.1) is 0 Å². The molecule has 4 aromatic rings. The number of nitrogens with one attached hydrogen (secondary N) is 1. The van der Waals surface area contributed by atoms with Crippen molar-refractivity contribution in [3.63, 3.8) is 0 Å². The summed E-state index contributed by atoms with van der Waals surface area (Å²) in [6.45, 7) is 2.42. The van der Waals surface area contributed by atoms with E-state index in [0.29, 0.717) is 27.9 Å². The zero-order valence-corrected chi connectivity index (χ0v) is 18.6. The van der Waals surface area contributed by atoms with Gasteiger partial charge in [0.05, 0.1) is 30.7 Å². The third-order valence-electron chi connectivity index (χ3n) is 5.09. The fourth-order valence-electron chi connectivity index (χ4n) is 3.52. The molecule has 0 bridgehead atoms. The number of carbonyl (C=O) groups excluding carboxylic acids is 1. The summed E-state index contributed by atoms with van der Waals surface area (Å²) in [7, 11) is 1.57. The molecule has 0 aliphatic heterocycles. The first-order valence-corrected chi connectivity index (χ1v) is 10.6. The quantitative estimate of drug-likeness (QED) is 0.395. The van der Waals surface area contributed by atoms with Crippen LogP contribution in [-0.4, -0.2) is 22.6 Å². The average molecular weight is 454 g/mol. The number of nitrogens with zero attached hydrogens (tertiary/aromatic N) is 2. The Kier molecular flexibility index (Phi) is 6.16. The molecular formula is C24H21Cl2N3O2. The van der Waals surface area contributed by atoms with E-state index in [9.17, 15) is 4.79 Å². The number of imidazole rings is 1. The predicted molar refractivity (Wildman–Crippen MR) is 124 cm³/mol. The highest BCUT2D eigenvalue weighted by atomic mass is 35.5. The van der Waals surface area contributed by atoms with E-state index in [-0.39, 0.29) is 11.9 Å². The number of halogens is 2. The van der Waals surface area contributed by atoms with E-state index in [4.69, 9.17) is 32.9 Å². The molecule has 7 heteroatoms. The molecule has 4 rings (SSSR count). The Morgan fingerprint density at radius 2 is 1.90 bits per heavy atom. The van der Waals surface area contributed by atoms with Crippen molar-refractivity contribution in [2.45, 2.75) is 19.5 Å². The number of benzene rings is 3. The van der Waals surface area contributed by atoms with Crippen LogP contribution in [-0.2, 0) is 6.54 Å². The number of carbonyl (C=O) groups is 1. The first-order valence-electron chi connectivity index (χ1n) is 9.80. The zero-order chi connectivity index (χ0) is 22.0. The monoisotopic (exact) mass is 453 g/mol. The standard InChI is InChI=1S/C24H21Cl2N3O2/c1-15(27-24(30)16-6-5-7-19(12-16)31-2)23-28-21-8-3-4-9-22(21)29(23)14-17-10-11-18(25)13-20(17)26/h3-13,15H,14H2,1-2H3,(H,27,30). The SMILES string of the molecule is COc1cccc(C(=O)NC(C)c2nc3ccccc3n2Cc2ccc(Cl)cc2Cl)c1. The normalized spacial score (nSPS) is 12.0. The number of ether oxygens (including phenoxy) is 1. The van der Waals surface area contributed by atoms with Gasteiger partial charge in [-0.3, -0.25) is 4.79 Å². The van der Waals surface area contributed by atoms with Gasteiger partial charge in [-0.2, -0.15) is 0 Å². The largest absolute Gasteiger partial charge is 0.497 e.